The molecule has 2 heterocycles. The zero-order chi connectivity index (χ0) is 19.0. The zero-order valence-electron chi connectivity index (χ0n) is 17.1. The van der Waals surface area contributed by atoms with E-state index in [4.69, 9.17) is 9.73 Å². The van der Waals surface area contributed by atoms with Crippen molar-refractivity contribution in [3.05, 3.63) is 29.6 Å². The first kappa shape index (κ1) is 20.7. The lowest BCUT2D eigenvalue weighted by molar-refractivity contribution is -0.0823. The lowest BCUT2D eigenvalue weighted by atomic mass is 9.78. The second-order valence-electron chi connectivity index (χ2n) is 8.26. The fourth-order valence-corrected chi connectivity index (χ4v) is 3.64. The van der Waals surface area contributed by atoms with Crippen molar-refractivity contribution in [3.63, 3.8) is 0 Å². The first-order valence-corrected chi connectivity index (χ1v) is 9.95. The number of guanidine groups is 1. The summed E-state index contributed by atoms with van der Waals surface area (Å²) in [7, 11) is 0. The summed E-state index contributed by atoms with van der Waals surface area (Å²) in [5, 5.41) is 6.83. The van der Waals surface area contributed by atoms with Gasteiger partial charge in [0.2, 0.25) is 0 Å². The molecule has 0 bridgehead atoms. The molecule has 5 nitrogen and oxygen atoms in total. The van der Waals surface area contributed by atoms with Crippen LogP contribution in [0, 0.1) is 18.3 Å². The van der Waals surface area contributed by atoms with Gasteiger partial charge in [-0.2, -0.15) is 0 Å². The number of hydrogen-bond acceptors (Lipinski definition) is 3. The molecule has 1 aromatic heterocycles. The van der Waals surface area contributed by atoms with Crippen molar-refractivity contribution in [2.45, 2.75) is 60.0 Å². The molecule has 2 rings (SSSR count). The summed E-state index contributed by atoms with van der Waals surface area (Å²) in [6.45, 7) is 14.4. The van der Waals surface area contributed by atoms with E-state index in [1.165, 1.54) is 17.5 Å². The van der Waals surface area contributed by atoms with E-state index in [1.54, 1.807) is 0 Å². The Hall–Kier alpha value is -1.62. The molecule has 5 heteroatoms. The Morgan fingerprint density at radius 1 is 1.35 bits per heavy atom. The summed E-state index contributed by atoms with van der Waals surface area (Å²) >= 11 is 0. The molecule has 0 spiro atoms. The van der Waals surface area contributed by atoms with Crippen molar-refractivity contribution in [1.82, 2.24) is 15.6 Å². The molecule has 2 N–H and O–H groups in total. The minimum absolute atomic E-state index is 0.158. The molecule has 2 unspecified atom stereocenters. The van der Waals surface area contributed by atoms with Crippen molar-refractivity contribution in [1.29, 1.82) is 0 Å². The second kappa shape index (κ2) is 9.91. The largest absolute Gasteiger partial charge is 0.377 e. The molecule has 0 saturated carbocycles. The molecule has 0 radical (unpaired) electrons. The lowest BCUT2D eigenvalue weighted by Crippen LogP contribution is -2.43. The molecule has 1 aliphatic heterocycles. The Labute approximate surface area is 159 Å². The van der Waals surface area contributed by atoms with Crippen molar-refractivity contribution in [2.75, 3.05) is 26.2 Å². The smallest absolute Gasteiger partial charge is 0.191 e. The minimum Gasteiger partial charge on any atom is -0.377 e. The summed E-state index contributed by atoms with van der Waals surface area (Å²) in [6.07, 6.45) is 7.36. The fourth-order valence-electron chi connectivity index (χ4n) is 3.64. The molecule has 0 amide bonds. The average molecular weight is 361 g/mol. The highest BCUT2D eigenvalue weighted by Gasteiger charge is 2.35. The molecule has 1 fully saturated rings. The Morgan fingerprint density at radius 3 is 2.85 bits per heavy atom. The van der Waals surface area contributed by atoms with Gasteiger partial charge in [-0.25, -0.2) is 0 Å². The standard InChI is InChI=1S/C21H36N4O/c1-6-23-20(24-12-10-17-9-11-22-14-16(17)2)25-15-18-8-7-13-26-19(18)21(3,4)5/h9,11,14,18-19H,6-8,10,12-13,15H2,1-5H3,(H2,23,24,25). The molecular formula is C21H36N4O. The van der Waals surface area contributed by atoms with E-state index in [-0.39, 0.29) is 11.5 Å². The number of hydrogen-bond donors (Lipinski definition) is 2. The number of ether oxygens (including phenoxy) is 1. The summed E-state index contributed by atoms with van der Waals surface area (Å²) in [6, 6.07) is 2.09. The van der Waals surface area contributed by atoms with Crippen molar-refractivity contribution in [2.24, 2.45) is 16.3 Å². The first-order chi connectivity index (χ1) is 12.4. The summed E-state index contributed by atoms with van der Waals surface area (Å²) < 4.78 is 6.08. The number of nitrogens with one attached hydrogen (secondary N) is 2. The predicted molar refractivity (Wildman–Crippen MR) is 109 cm³/mol. The van der Waals surface area contributed by atoms with Crippen LogP contribution in [0.3, 0.4) is 0 Å². The van der Waals surface area contributed by atoms with Crippen molar-refractivity contribution in [3.8, 4) is 0 Å². The van der Waals surface area contributed by atoms with Crippen molar-refractivity contribution >= 4 is 5.96 Å². The predicted octanol–water partition coefficient (Wildman–Crippen LogP) is 3.33. The molecule has 0 aliphatic carbocycles. The van der Waals surface area contributed by atoms with Gasteiger partial charge in [-0.1, -0.05) is 20.8 Å². The van der Waals surface area contributed by atoms with Crippen LogP contribution in [-0.2, 0) is 11.2 Å². The number of aromatic nitrogens is 1. The summed E-state index contributed by atoms with van der Waals surface area (Å²) in [5.74, 6) is 1.39. The molecule has 146 valence electrons. The van der Waals surface area contributed by atoms with Crippen LogP contribution in [0.1, 0.15) is 51.7 Å². The van der Waals surface area contributed by atoms with Crippen molar-refractivity contribution < 1.29 is 4.74 Å². The minimum atomic E-state index is 0.158. The van der Waals surface area contributed by atoms with E-state index in [0.29, 0.717) is 5.92 Å². The van der Waals surface area contributed by atoms with Crippen LogP contribution in [0.15, 0.2) is 23.5 Å². The maximum Gasteiger partial charge on any atom is 0.191 e. The average Bonchev–Trinajstić information content (AvgIpc) is 2.61. The number of aliphatic imine (C=N–C) groups is 1. The maximum atomic E-state index is 6.08. The van der Waals surface area contributed by atoms with Gasteiger partial charge in [0.1, 0.15) is 0 Å². The second-order valence-corrected chi connectivity index (χ2v) is 8.26. The van der Waals surface area contributed by atoms with E-state index >= 15 is 0 Å². The van der Waals surface area contributed by atoms with E-state index < -0.39 is 0 Å². The quantitative estimate of drug-likeness (QED) is 0.603. The number of rotatable bonds is 6. The highest BCUT2D eigenvalue weighted by atomic mass is 16.5. The monoisotopic (exact) mass is 360 g/mol. The number of nitrogens with zero attached hydrogens (tertiary/aromatic N) is 2. The lowest BCUT2D eigenvalue weighted by Gasteiger charge is -2.39. The first-order valence-electron chi connectivity index (χ1n) is 9.95. The zero-order valence-corrected chi connectivity index (χ0v) is 17.1. The third-order valence-electron chi connectivity index (χ3n) is 4.95. The third-order valence-corrected chi connectivity index (χ3v) is 4.95. The topological polar surface area (TPSA) is 58.5 Å². The Balaban J connectivity index is 1.91. The van der Waals surface area contributed by atoms with Crippen LogP contribution < -0.4 is 10.6 Å². The van der Waals surface area contributed by atoms with Gasteiger partial charge in [0.15, 0.2) is 5.96 Å². The number of aryl methyl sites for hydroxylation is 1. The van der Waals surface area contributed by atoms with Gasteiger partial charge in [-0.15, -0.1) is 0 Å². The van der Waals surface area contributed by atoms with Gasteiger partial charge in [0.05, 0.1) is 6.10 Å². The van der Waals surface area contributed by atoms with Gasteiger partial charge in [-0.05, 0) is 55.7 Å². The third kappa shape index (κ3) is 6.27. The summed E-state index contributed by atoms with van der Waals surface area (Å²) in [4.78, 5) is 9.01. The van der Waals surface area contributed by atoms with Gasteiger partial charge in [0.25, 0.3) is 0 Å². The number of pyridine rings is 1. The van der Waals surface area contributed by atoms with Crippen LogP contribution in [0.25, 0.3) is 0 Å². The molecule has 2 atom stereocenters. The van der Waals surface area contributed by atoms with Crippen LogP contribution in [-0.4, -0.2) is 43.3 Å². The summed E-state index contributed by atoms with van der Waals surface area (Å²) in [5.41, 5.74) is 2.73. The fraction of sp³-hybridized carbons (Fsp3) is 0.714. The van der Waals surface area contributed by atoms with E-state index in [9.17, 15) is 0 Å². The van der Waals surface area contributed by atoms with Crippen LogP contribution in [0.2, 0.25) is 0 Å². The molecular weight excluding hydrogens is 324 g/mol. The van der Waals surface area contributed by atoms with Gasteiger partial charge in [0, 0.05) is 44.6 Å². The van der Waals surface area contributed by atoms with Gasteiger partial charge < -0.3 is 15.4 Å². The Kier molecular flexibility index (Phi) is 7.88. The van der Waals surface area contributed by atoms with E-state index in [0.717, 1.165) is 45.0 Å². The Morgan fingerprint density at radius 2 is 2.15 bits per heavy atom. The highest BCUT2D eigenvalue weighted by molar-refractivity contribution is 5.79. The molecule has 0 aromatic carbocycles. The molecule has 1 saturated heterocycles. The van der Waals surface area contributed by atoms with Crippen LogP contribution in [0.5, 0.6) is 0 Å². The molecule has 26 heavy (non-hydrogen) atoms. The molecule has 1 aromatic rings. The Bertz CT molecular complexity index is 580. The normalized spacial score (nSPS) is 21.5. The van der Waals surface area contributed by atoms with E-state index in [1.807, 2.05) is 12.4 Å². The van der Waals surface area contributed by atoms with Crippen LogP contribution >= 0.6 is 0 Å². The highest BCUT2D eigenvalue weighted by Crippen LogP contribution is 2.34. The van der Waals surface area contributed by atoms with E-state index in [2.05, 4.69) is 56.3 Å². The van der Waals surface area contributed by atoms with Gasteiger partial charge >= 0.3 is 0 Å². The SMILES string of the molecule is CCNC(=NCC1CCCOC1C(C)(C)C)NCCc1ccncc1C. The molecule has 1 aliphatic rings. The van der Waals surface area contributed by atoms with Crippen LogP contribution in [0.4, 0.5) is 0 Å². The maximum absolute atomic E-state index is 6.08. The van der Waals surface area contributed by atoms with Gasteiger partial charge in [-0.3, -0.25) is 9.98 Å².